The van der Waals surface area contributed by atoms with Crippen LogP contribution >= 0.6 is 0 Å². The minimum atomic E-state index is -0.509. The van der Waals surface area contributed by atoms with Gasteiger partial charge >= 0.3 is 0 Å². The third-order valence-corrected chi connectivity index (χ3v) is 5.95. The Morgan fingerprint density at radius 3 is 2.27 bits per heavy atom. The number of anilines is 1. The minimum Gasteiger partial charge on any atom is -0.295 e. The number of hydrogen-bond acceptors (Lipinski definition) is 3. The summed E-state index contributed by atoms with van der Waals surface area (Å²) in [6.45, 7) is 7.52. The summed E-state index contributed by atoms with van der Waals surface area (Å²) in [6, 6.07) is 6.71. The highest BCUT2D eigenvalue weighted by Gasteiger charge is 2.64. The Hall–Kier alpha value is -1.97. The minimum absolute atomic E-state index is 0.0315. The van der Waals surface area contributed by atoms with Crippen LogP contribution in [0.5, 0.6) is 0 Å². The predicted molar refractivity (Wildman–Crippen MR) is 83.6 cm³/mol. The molecule has 4 nitrogen and oxygen atoms in total. The van der Waals surface area contributed by atoms with Crippen molar-refractivity contribution in [2.45, 2.75) is 40.5 Å². The van der Waals surface area contributed by atoms with Crippen LogP contribution in [0.25, 0.3) is 0 Å². The van der Waals surface area contributed by atoms with E-state index in [1.807, 2.05) is 20.8 Å². The summed E-state index contributed by atoms with van der Waals surface area (Å²) in [5, 5.41) is 0. The van der Waals surface area contributed by atoms with Crippen molar-refractivity contribution in [2.75, 3.05) is 4.90 Å². The van der Waals surface area contributed by atoms with E-state index in [9.17, 15) is 14.4 Å². The molecule has 3 rings (SSSR count). The zero-order valence-electron chi connectivity index (χ0n) is 13.5. The molecule has 1 saturated heterocycles. The van der Waals surface area contributed by atoms with Crippen molar-refractivity contribution in [1.29, 1.82) is 0 Å². The second-order valence-corrected chi connectivity index (χ2v) is 7.23. The lowest BCUT2D eigenvalue weighted by molar-refractivity contribution is -0.146. The normalized spacial score (nSPS) is 29.8. The molecule has 1 aliphatic carbocycles. The van der Waals surface area contributed by atoms with Crippen molar-refractivity contribution in [1.82, 2.24) is 0 Å². The van der Waals surface area contributed by atoms with Gasteiger partial charge in [-0.25, -0.2) is 4.90 Å². The number of piperidine rings is 1. The van der Waals surface area contributed by atoms with Gasteiger partial charge in [-0.3, -0.25) is 14.4 Å². The van der Waals surface area contributed by atoms with Crippen LogP contribution in [0.4, 0.5) is 5.69 Å². The summed E-state index contributed by atoms with van der Waals surface area (Å²) in [5.41, 5.74) is 0.325. The van der Waals surface area contributed by atoms with Crippen molar-refractivity contribution in [3.63, 3.8) is 0 Å². The highest BCUT2D eigenvalue weighted by atomic mass is 16.2. The van der Waals surface area contributed by atoms with Crippen LogP contribution in [-0.2, 0) is 9.59 Å². The van der Waals surface area contributed by atoms with Gasteiger partial charge in [0.1, 0.15) is 0 Å². The second-order valence-electron chi connectivity index (χ2n) is 7.23. The standard InChI is InChI=1S/C18H21NO3/c1-11(20)12-5-7-13(8-6-12)19-15(21)14-9-10-18(4,16(19)22)17(14,2)3/h5-8,14H,9-10H2,1-4H3/t14-,18+/m0/s1. The fourth-order valence-electron chi connectivity index (χ4n) is 3.91. The molecule has 1 heterocycles. The fraction of sp³-hybridized carbons (Fsp3) is 0.500. The van der Waals surface area contributed by atoms with E-state index in [1.54, 1.807) is 24.3 Å². The van der Waals surface area contributed by atoms with Crippen LogP contribution in [0.2, 0.25) is 0 Å². The molecule has 0 N–H and O–H groups in total. The topological polar surface area (TPSA) is 54.5 Å². The van der Waals surface area contributed by atoms with E-state index < -0.39 is 5.41 Å². The Morgan fingerprint density at radius 1 is 1.14 bits per heavy atom. The highest BCUT2D eigenvalue weighted by Crippen LogP contribution is 2.60. The molecule has 0 unspecified atom stereocenters. The maximum atomic E-state index is 13.0. The van der Waals surface area contributed by atoms with Gasteiger partial charge in [0.05, 0.1) is 11.1 Å². The van der Waals surface area contributed by atoms with E-state index in [0.717, 1.165) is 12.8 Å². The van der Waals surface area contributed by atoms with E-state index in [1.165, 1.54) is 11.8 Å². The zero-order valence-corrected chi connectivity index (χ0v) is 13.5. The van der Waals surface area contributed by atoms with Gasteiger partial charge in [0, 0.05) is 11.5 Å². The van der Waals surface area contributed by atoms with Crippen molar-refractivity contribution >= 4 is 23.3 Å². The van der Waals surface area contributed by atoms with Crippen molar-refractivity contribution in [3.05, 3.63) is 29.8 Å². The van der Waals surface area contributed by atoms with Crippen LogP contribution in [0, 0.1) is 16.7 Å². The number of amides is 2. The van der Waals surface area contributed by atoms with E-state index in [2.05, 4.69) is 0 Å². The number of rotatable bonds is 2. The Morgan fingerprint density at radius 2 is 1.73 bits per heavy atom. The van der Waals surface area contributed by atoms with Gasteiger partial charge in [-0.1, -0.05) is 20.8 Å². The number of fused-ring (bicyclic) bond motifs is 2. The molecule has 0 radical (unpaired) electrons. The molecule has 0 spiro atoms. The number of carbonyl (C=O) groups is 3. The number of ketones is 1. The first-order valence-corrected chi connectivity index (χ1v) is 7.69. The molecule has 2 aliphatic rings. The lowest BCUT2D eigenvalue weighted by atomic mass is 9.62. The lowest BCUT2D eigenvalue weighted by Gasteiger charge is -2.47. The monoisotopic (exact) mass is 299 g/mol. The van der Waals surface area contributed by atoms with E-state index >= 15 is 0 Å². The molecule has 4 heteroatoms. The summed E-state index contributed by atoms with van der Waals surface area (Å²) >= 11 is 0. The van der Waals surface area contributed by atoms with Crippen LogP contribution in [-0.4, -0.2) is 17.6 Å². The van der Waals surface area contributed by atoms with Gasteiger partial charge in [0.2, 0.25) is 11.8 Å². The number of nitrogens with zero attached hydrogens (tertiary/aromatic N) is 1. The summed E-state index contributed by atoms with van der Waals surface area (Å²) < 4.78 is 0. The van der Waals surface area contributed by atoms with Gasteiger partial charge in [0.25, 0.3) is 0 Å². The smallest absolute Gasteiger partial charge is 0.240 e. The summed E-state index contributed by atoms with van der Waals surface area (Å²) in [4.78, 5) is 38.5. The fourth-order valence-corrected chi connectivity index (χ4v) is 3.91. The van der Waals surface area contributed by atoms with Gasteiger partial charge in [-0.05, 0) is 49.4 Å². The third-order valence-electron chi connectivity index (χ3n) is 5.95. The van der Waals surface area contributed by atoms with E-state index in [4.69, 9.17) is 0 Å². The quantitative estimate of drug-likeness (QED) is 0.622. The van der Waals surface area contributed by atoms with Crippen LogP contribution < -0.4 is 4.90 Å². The molecule has 2 atom stereocenters. The molecular weight excluding hydrogens is 278 g/mol. The maximum Gasteiger partial charge on any atom is 0.240 e. The Kier molecular flexibility index (Phi) is 3.06. The first-order chi connectivity index (χ1) is 10.2. The number of hydrogen-bond donors (Lipinski definition) is 0. The van der Waals surface area contributed by atoms with Gasteiger partial charge < -0.3 is 0 Å². The molecule has 1 saturated carbocycles. The number of imide groups is 1. The van der Waals surface area contributed by atoms with Gasteiger partial charge in [0.15, 0.2) is 5.78 Å². The molecule has 2 bridgehead atoms. The molecular formula is C18H21NO3. The van der Waals surface area contributed by atoms with Crippen molar-refractivity contribution in [2.24, 2.45) is 16.7 Å². The average Bonchev–Trinajstić information content (AvgIpc) is 2.64. The molecule has 1 aliphatic heterocycles. The summed E-state index contributed by atoms with van der Waals surface area (Å²) in [5.74, 6) is -0.383. The second kappa shape index (κ2) is 4.51. The van der Waals surface area contributed by atoms with Crippen molar-refractivity contribution in [3.8, 4) is 0 Å². The Labute approximate surface area is 130 Å². The van der Waals surface area contributed by atoms with Crippen LogP contribution in [0.1, 0.15) is 50.9 Å². The molecule has 2 amide bonds. The lowest BCUT2D eigenvalue weighted by Crippen LogP contribution is -2.59. The highest BCUT2D eigenvalue weighted by molar-refractivity contribution is 6.20. The molecule has 1 aromatic rings. The van der Waals surface area contributed by atoms with Gasteiger partial charge in [-0.15, -0.1) is 0 Å². The zero-order chi connectivity index (χ0) is 16.3. The van der Waals surface area contributed by atoms with Crippen molar-refractivity contribution < 1.29 is 14.4 Å². The Balaban J connectivity index is 2.04. The first-order valence-electron chi connectivity index (χ1n) is 7.69. The van der Waals surface area contributed by atoms with Crippen LogP contribution in [0.3, 0.4) is 0 Å². The van der Waals surface area contributed by atoms with Crippen LogP contribution in [0.15, 0.2) is 24.3 Å². The van der Waals surface area contributed by atoms with E-state index in [-0.39, 0.29) is 28.9 Å². The number of Topliss-reactive ketones (excluding diaryl/α,β-unsaturated/α-hetero) is 1. The SMILES string of the molecule is CC(=O)c1ccc(N2C(=O)[C@@H]3CC[C@](C)(C2=O)C3(C)C)cc1. The molecule has 0 aromatic heterocycles. The summed E-state index contributed by atoms with van der Waals surface area (Å²) in [6.07, 6.45) is 1.51. The molecule has 2 fully saturated rings. The Bertz CT molecular complexity index is 674. The number of benzene rings is 1. The summed E-state index contributed by atoms with van der Waals surface area (Å²) in [7, 11) is 0. The maximum absolute atomic E-state index is 13.0. The third kappa shape index (κ3) is 1.73. The molecule has 1 aromatic carbocycles. The molecule has 22 heavy (non-hydrogen) atoms. The molecule has 116 valence electrons. The largest absolute Gasteiger partial charge is 0.295 e. The van der Waals surface area contributed by atoms with Gasteiger partial charge in [-0.2, -0.15) is 0 Å². The van der Waals surface area contributed by atoms with E-state index in [0.29, 0.717) is 11.3 Å². The predicted octanol–water partition coefficient (Wildman–Crippen LogP) is 3.20. The number of carbonyl (C=O) groups excluding carboxylic acids is 3. The first kappa shape index (κ1) is 14.9. The average molecular weight is 299 g/mol.